The summed E-state index contributed by atoms with van der Waals surface area (Å²) in [5.41, 5.74) is 9.65. The second-order valence-electron chi connectivity index (χ2n) is 7.05. The Balaban J connectivity index is 1.62. The first-order chi connectivity index (χ1) is 10.3. The summed E-state index contributed by atoms with van der Waals surface area (Å²) in [4.78, 5) is 5.45. The lowest BCUT2D eigenvalue weighted by Gasteiger charge is -2.49. The van der Waals surface area contributed by atoms with Crippen molar-refractivity contribution in [1.82, 2.24) is 9.80 Å². The van der Waals surface area contributed by atoms with Crippen LogP contribution in [0.15, 0.2) is 24.3 Å². The zero-order valence-corrected chi connectivity index (χ0v) is 12.9. The molecule has 0 spiro atoms. The molecule has 2 atom stereocenters. The van der Waals surface area contributed by atoms with Crippen molar-refractivity contribution in [1.29, 1.82) is 0 Å². The van der Waals surface area contributed by atoms with Crippen molar-refractivity contribution in [2.24, 2.45) is 5.73 Å². The molecule has 2 fully saturated rings. The van der Waals surface area contributed by atoms with E-state index in [1.807, 2.05) is 0 Å². The van der Waals surface area contributed by atoms with Gasteiger partial charge < -0.3 is 5.73 Å². The van der Waals surface area contributed by atoms with Gasteiger partial charge in [-0.1, -0.05) is 30.7 Å². The van der Waals surface area contributed by atoms with Crippen LogP contribution in [0.1, 0.15) is 36.8 Å². The Hall–Kier alpha value is -0.900. The fourth-order valence-corrected chi connectivity index (χ4v) is 4.98. The molecule has 0 aromatic heterocycles. The summed E-state index contributed by atoms with van der Waals surface area (Å²) in [7, 11) is 0. The van der Waals surface area contributed by atoms with Gasteiger partial charge in [-0.2, -0.15) is 0 Å². The Bertz CT molecular complexity index is 515. The molecule has 0 amide bonds. The summed E-state index contributed by atoms with van der Waals surface area (Å²) in [6, 6.07) is 9.65. The molecule has 2 saturated heterocycles. The summed E-state index contributed by atoms with van der Waals surface area (Å²) < 4.78 is 0. The zero-order valence-electron chi connectivity index (χ0n) is 12.9. The van der Waals surface area contributed by atoms with E-state index in [0.717, 1.165) is 13.1 Å². The molecular weight excluding hydrogens is 258 g/mol. The minimum atomic E-state index is 0.230. The Morgan fingerprint density at radius 1 is 1.10 bits per heavy atom. The first-order valence-corrected chi connectivity index (χ1v) is 8.59. The van der Waals surface area contributed by atoms with E-state index in [-0.39, 0.29) is 5.54 Å². The highest BCUT2D eigenvalue weighted by Gasteiger charge is 2.50. The highest BCUT2D eigenvalue weighted by atomic mass is 15.3. The van der Waals surface area contributed by atoms with E-state index in [1.54, 1.807) is 5.56 Å². The summed E-state index contributed by atoms with van der Waals surface area (Å²) in [5, 5.41) is 0. The van der Waals surface area contributed by atoms with Gasteiger partial charge in [-0.25, -0.2) is 0 Å². The number of rotatable bonds is 2. The summed E-state index contributed by atoms with van der Waals surface area (Å²) in [6.07, 6.45) is 6.55. The molecule has 3 aliphatic rings. The molecule has 4 rings (SSSR count). The van der Waals surface area contributed by atoms with E-state index in [1.165, 1.54) is 57.3 Å². The largest absolute Gasteiger partial charge is 0.329 e. The van der Waals surface area contributed by atoms with Crippen LogP contribution in [0.2, 0.25) is 0 Å². The maximum atomic E-state index is 6.36. The third kappa shape index (κ3) is 2.14. The third-order valence-corrected chi connectivity index (χ3v) is 6.18. The predicted octanol–water partition coefficient (Wildman–Crippen LogP) is 2.00. The van der Waals surface area contributed by atoms with E-state index >= 15 is 0 Å². The predicted molar refractivity (Wildman–Crippen MR) is 86.2 cm³/mol. The molecule has 3 heteroatoms. The molecule has 2 unspecified atom stereocenters. The van der Waals surface area contributed by atoms with Crippen LogP contribution in [0.5, 0.6) is 0 Å². The molecule has 21 heavy (non-hydrogen) atoms. The molecule has 0 radical (unpaired) electrons. The van der Waals surface area contributed by atoms with Crippen LogP contribution in [-0.2, 0) is 13.0 Å². The molecule has 2 N–H and O–H groups in total. The number of piperidine rings is 1. The topological polar surface area (TPSA) is 32.5 Å². The highest BCUT2D eigenvalue weighted by molar-refractivity contribution is 5.30. The average molecular weight is 285 g/mol. The van der Waals surface area contributed by atoms with E-state index in [9.17, 15) is 0 Å². The molecule has 0 saturated carbocycles. The fraction of sp³-hybridized carbons (Fsp3) is 0.667. The number of hydrogen-bond donors (Lipinski definition) is 1. The molecule has 1 aromatic rings. The first kappa shape index (κ1) is 13.7. The Kier molecular flexibility index (Phi) is 3.52. The molecule has 3 heterocycles. The second kappa shape index (κ2) is 5.38. The Morgan fingerprint density at radius 3 is 2.81 bits per heavy atom. The van der Waals surface area contributed by atoms with Crippen molar-refractivity contribution in [3.8, 4) is 0 Å². The van der Waals surface area contributed by atoms with Gasteiger partial charge in [0, 0.05) is 32.2 Å². The lowest BCUT2D eigenvalue weighted by atomic mass is 9.82. The number of nitrogens with zero attached hydrogens (tertiary/aromatic N) is 2. The van der Waals surface area contributed by atoms with E-state index in [2.05, 4.69) is 34.1 Å². The molecule has 3 nitrogen and oxygen atoms in total. The highest BCUT2D eigenvalue weighted by Crippen LogP contribution is 2.40. The molecular formula is C18H27N3. The van der Waals surface area contributed by atoms with Gasteiger partial charge in [-0.3, -0.25) is 9.80 Å². The number of hydrogen-bond acceptors (Lipinski definition) is 3. The van der Waals surface area contributed by atoms with Crippen molar-refractivity contribution in [2.75, 3.05) is 26.2 Å². The standard InChI is InChI=1S/C18H27N3/c19-14-18(9-12-20-10-4-3-7-17(18)20)21-11-8-15-5-1-2-6-16(15)13-21/h1-2,5-6,17H,3-4,7-14,19H2. The van der Waals surface area contributed by atoms with Crippen molar-refractivity contribution < 1.29 is 0 Å². The van der Waals surface area contributed by atoms with E-state index in [4.69, 9.17) is 5.73 Å². The molecule has 114 valence electrons. The summed E-state index contributed by atoms with van der Waals surface area (Å²) >= 11 is 0. The van der Waals surface area contributed by atoms with Crippen LogP contribution in [0, 0.1) is 0 Å². The number of benzene rings is 1. The first-order valence-electron chi connectivity index (χ1n) is 8.59. The van der Waals surface area contributed by atoms with Crippen LogP contribution < -0.4 is 5.73 Å². The van der Waals surface area contributed by atoms with Gasteiger partial charge >= 0.3 is 0 Å². The van der Waals surface area contributed by atoms with Crippen LogP contribution >= 0.6 is 0 Å². The third-order valence-electron chi connectivity index (χ3n) is 6.18. The van der Waals surface area contributed by atoms with Gasteiger partial charge in [0.2, 0.25) is 0 Å². The Morgan fingerprint density at radius 2 is 1.95 bits per heavy atom. The maximum Gasteiger partial charge on any atom is 0.0502 e. The molecule has 3 aliphatic heterocycles. The van der Waals surface area contributed by atoms with Crippen molar-refractivity contribution in [3.05, 3.63) is 35.4 Å². The minimum absolute atomic E-state index is 0.230. The van der Waals surface area contributed by atoms with Crippen LogP contribution in [0.3, 0.4) is 0 Å². The van der Waals surface area contributed by atoms with Crippen molar-refractivity contribution in [3.63, 3.8) is 0 Å². The normalized spacial score (nSPS) is 33.7. The summed E-state index contributed by atoms with van der Waals surface area (Å²) in [6.45, 7) is 5.63. The smallest absolute Gasteiger partial charge is 0.0502 e. The van der Waals surface area contributed by atoms with Gasteiger partial charge in [-0.15, -0.1) is 0 Å². The lowest BCUT2D eigenvalue weighted by Crippen LogP contribution is -2.62. The number of fused-ring (bicyclic) bond motifs is 2. The Labute approximate surface area is 128 Å². The number of nitrogens with two attached hydrogens (primary N) is 1. The fourth-order valence-electron chi connectivity index (χ4n) is 4.98. The molecule has 1 aromatic carbocycles. The van der Waals surface area contributed by atoms with Crippen molar-refractivity contribution in [2.45, 2.75) is 50.2 Å². The van der Waals surface area contributed by atoms with E-state index in [0.29, 0.717) is 6.04 Å². The van der Waals surface area contributed by atoms with Crippen molar-refractivity contribution >= 4 is 0 Å². The van der Waals surface area contributed by atoms with Crippen LogP contribution in [0.4, 0.5) is 0 Å². The SMILES string of the molecule is NCC1(N2CCc3ccccc3C2)CCN2CCCCC21. The van der Waals surface area contributed by atoms with E-state index < -0.39 is 0 Å². The maximum absolute atomic E-state index is 6.36. The monoisotopic (exact) mass is 285 g/mol. The van der Waals surface area contributed by atoms with Gasteiger partial charge in [0.25, 0.3) is 0 Å². The van der Waals surface area contributed by atoms with Crippen LogP contribution in [-0.4, -0.2) is 47.6 Å². The van der Waals surface area contributed by atoms with Gasteiger partial charge in [0.15, 0.2) is 0 Å². The minimum Gasteiger partial charge on any atom is -0.329 e. The average Bonchev–Trinajstić information content (AvgIpc) is 2.94. The van der Waals surface area contributed by atoms with Gasteiger partial charge in [0.1, 0.15) is 0 Å². The summed E-state index contributed by atoms with van der Waals surface area (Å²) in [5.74, 6) is 0. The van der Waals surface area contributed by atoms with Gasteiger partial charge in [-0.05, 0) is 43.4 Å². The molecule has 0 bridgehead atoms. The quantitative estimate of drug-likeness (QED) is 0.902. The lowest BCUT2D eigenvalue weighted by molar-refractivity contribution is 0.0276. The van der Waals surface area contributed by atoms with Crippen LogP contribution in [0.25, 0.3) is 0 Å². The zero-order chi connectivity index (χ0) is 14.3. The second-order valence-corrected chi connectivity index (χ2v) is 7.05. The van der Waals surface area contributed by atoms with Gasteiger partial charge in [0.05, 0.1) is 5.54 Å². The molecule has 0 aliphatic carbocycles.